The average molecular weight is 275 g/mol. The maximum atomic E-state index is 12.6. The molecule has 0 spiro atoms. The molecule has 1 aliphatic carbocycles. The number of carbonyl (C=O) groups is 1. The van der Waals surface area contributed by atoms with Crippen LogP contribution in [0.15, 0.2) is 0 Å². The maximum Gasteiger partial charge on any atom is 0.226 e. The first-order chi connectivity index (χ1) is 8.20. The molecule has 2 atom stereocenters. The topological polar surface area (TPSA) is 32.3 Å². The molecule has 18 heavy (non-hydrogen) atoms. The first-order valence-corrected chi connectivity index (χ1v) is 7.24. The second-order valence-corrected chi connectivity index (χ2v) is 5.70. The van der Waals surface area contributed by atoms with Gasteiger partial charge < -0.3 is 10.2 Å². The molecule has 0 aromatic rings. The van der Waals surface area contributed by atoms with Crippen LogP contribution in [0.1, 0.15) is 52.4 Å². The van der Waals surface area contributed by atoms with Crippen molar-refractivity contribution in [3.05, 3.63) is 0 Å². The van der Waals surface area contributed by atoms with Crippen molar-refractivity contribution in [3.8, 4) is 0 Å². The Kier molecular flexibility index (Phi) is 6.44. The minimum atomic E-state index is 0. The Morgan fingerprint density at radius 1 is 1.11 bits per heavy atom. The third kappa shape index (κ3) is 3.61. The van der Waals surface area contributed by atoms with E-state index < -0.39 is 0 Å². The summed E-state index contributed by atoms with van der Waals surface area (Å²) in [7, 11) is 0. The number of halogens is 1. The summed E-state index contributed by atoms with van der Waals surface area (Å²) < 4.78 is 0. The van der Waals surface area contributed by atoms with Crippen molar-refractivity contribution in [3.63, 3.8) is 0 Å². The molecule has 1 heterocycles. The summed E-state index contributed by atoms with van der Waals surface area (Å²) in [6.07, 6.45) is 7.35. The van der Waals surface area contributed by atoms with Crippen LogP contribution in [0.3, 0.4) is 0 Å². The zero-order valence-corrected chi connectivity index (χ0v) is 12.5. The Hall–Kier alpha value is -0.280. The van der Waals surface area contributed by atoms with Gasteiger partial charge in [0.2, 0.25) is 5.91 Å². The quantitative estimate of drug-likeness (QED) is 0.746. The Bertz CT molecular complexity index is 265. The Morgan fingerprint density at radius 3 is 2.33 bits per heavy atom. The van der Waals surface area contributed by atoms with Crippen LogP contribution in [0.4, 0.5) is 0 Å². The number of hydrogen-bond acceptors (Lipinski definition) is 2. The van der Waals surface area contributed by atoms with Gasteiger partial charge in [-0.25, -0.2) is 0 Å². The molecule has 2 unspecified atom stereocenters. The lowest BCUT2D eigenvalue weighted by atomic mass is 9.96. The molecule has 0 aromatic heterocycles. The van der Waals surface area contributed by atoms with Crippen molar-refractivity contribution in [2.24, 2.45) is 5.92 Å². The molecule has 1 amide bonds. The number of amides is 1. The van der Waals surface area contributed by atoms with E-state index >= 15 is 0 Å². The fourth-order valence-electron chi connectivity index (χ4n) is 3.13. The van der Waals surface area contributed by atoms with E-state index in [1.165, 1.54) is 25.7 Å². The van der Waals surface area contributed by atoms with Crippen molar-refractivity contribution in [2.75, 3.05) is 13.1 Å². The molecule has 2 rings (SSSR count). The van der Waals surface area contributed by atoms with E-state index in [2.05, 4.69) is 24.1 Å². The van der Waals surface area contributed by atoms with Gasteiger partial charge in [-0.3, -0.25) is 4.79 Å². The van der Waals surface area contributed by atoms with Crippen LogP contribution in [0.2, 0.25) is 0 Å². The van der Waals surface area contributed by atoms with Gasteiger partial charge in [0, 0.05) is 31.1 Å². The van der Waals surface area contributed by atoms with Crippen LogP contribution in [-0.4, -0.2) is 36.0 Å². The zero-order valence-electron chi connectivity index (χ0n) is 11.7. The molecular weight excluding hydrogens is 248 g/mol. The second kappa shape index (κ2) is 7.34. The Labute approximate surface area is 117 Å². The third-order valence-electron chi connectivity index (χ3n) is 4.52. The van der Waals surface area contributed by atoms with Gasteiger partial charge in [-0.15, -0.1) is 12.4 Å². The van der Waals surface area contributed by atoms with E-state index in [1.807, 2.05) is 0 Å². The highest BCUT2D eigenvalue weighted by Gasteiger charge is 2.32. The van der Waals surface area contributed by atoms with Crippen LogP contribution in [-0.2, 0) is 4.79 Å². The third-order valence-corrected chi connectivity index (χ3v) is 4.52. The number of nitrogens with one attached hydrogen (secondary N) is 1. The number of piperazine rings is 1. The summed E-state index contributed by atoms with van der Waals surface area (Å²) in [5, 5.41) is 3.44. The summed E-state index contributed by atoms with van der Waals surface area (Å²) in [6, 6.07) is 0.776. The molecule has 1 saturated carbocycles. The smallest absolute Gasteiger partial charge is 0.226 e. The molecule has 2 aliphatic rings. The monoisotopic (exact) mass is 274 g/mol. The standard InChI is InChI=1S/C14H26N2O.ClH/c1-11-12(2)16(10-9-15-11)14(17)13-7-5-3-4-6-8-13;/h11-13,15H,3-10H2,1-2H3;1H. The van der Waals surface area contributed by atoms with Crippen LogP contribution >= 0.6 is 12.4 Å². The first-order valence-electron chi connectivity index (χ1n) is 7.24. The van der Waals surface area contributed by atoms with E-state index in [4.69, 9.17) is 0 Å². The average Bonchev–Trinajstić information content (AvgIpc) is 2.60. The van der Waals surface area contributed by atoms with Crippen molar-refractivity contribution < 1.29 is 4.79 Å². The predicted octanol–water partition coefficient (Wildman–Crippen LogP) is 2.59. The van der Waals surface area contributed by atoms with Crippen LogP contribution in [0, 0.1) is 5.92 Å². The van der Waals surface area contributed by atoms with Crippen molar-refractivity contribution in [1.29, 1.82) is 0 Å². The summed E-state index contributed by atoms with van der Waals surface area (Å²) in [6.45, 7) is 6.19. The summed E-state index contributed by atoms with van der Waals surface area (Å²) in [5.41, 5.74) is 0. The minimum absolute atomic E-state index is 0. The van der Waals surface area contributed by atoms with E-state index in [0.717, 1.165) is 25.9 Å². The number of rotatable bonds is 1. The lowest BCUT2D eigenvalue weighted by Gasteiger charge is -2.40. The highest BCUT2D eigenvalue weighted by Crippen LogP contribution is 2.26. The van der Waals surface area contributed by atoms with Crippen LogP contribution in [0.25, 0.3) is 0 Å². The number of carbonyl (C=O) groups excluding carboxylic acids is 1. The van der Waals surface area contributed by atoms with Gasteiger partial charge in [0.15, 0.2) is 0 Å². The Balaban J connectivity index is 0.00000162. The predicted molar refractivity (Wildman–Crippen MR) is 77.1 cm³/mol. The van der Waals surface area contributed by atoms with E-state index in [0.29, 0.717) is 23.9 Å². The van der Waals surface area contributed by atoms with Crippen molar-refractivity contribution >= 4 is 18.3 Å². The normalized spacial score (nSPS) is 30.4. The van der Waals surface area contributed by atoms with Crippen molar-refractivity contribution in [2.45, 2.75) is 64.5 Å². The molecule has 0 bridgehead atoms. The second-order valence-electron chi connectivity index (χ2n) is 5.70. The lowest BCUT2D eigenvalue weighted by molar-refractivity contribution is -0.139. The van der Waals surface area contributed by atoms with Gasteiger partial charge >= 0.3 is 0 Å². The zero-order chi connectivity index (χ0) is 12.3. The largest absolute Gasteiger partial charge is 0.337 e. The molecule has 106 valence electrons. The minimum Gasteiger partial charge on any atom is -0.337 e. The van der Waals surface area contributed by atoms with Crippen LogP contribution < -0.4 is 5.32 Å². The van der Waals surface area contributed by atoms with Gasteiger partial charge in [0.05, 0.1) is 0 Å². The summed E-state index contributed by atoms with van der Waals surface area (Å²) in [4.78, 5) is 14.7. The summed E-state index contributed by atoms with van der Waals surface area (Å²) in [5.74, 6) is 0.734. The van der Waals surface area contributed by atoms with Gasteiger partial charge in [0.1, 0.15) is 0 Å². The number of nitrogens with zero attached hydrogens (tertiary/aromatic N) is 1. The first kappa shape index (κ1) is 15.8. The molecule has 0 aromatic carbocycles. The fourth-order valence-corrected chi connectivity index (χ4v) is 3.13. The fraction of sp³-hybridized carbons (Fsp3) is 0.929. The summed E-state index contributed by atoms with van der Waals surface area (Å²) >= 11 is 0. The molecule has 2 fully saturated rings. The highest BCUT2D eigenvalue weighted by atomic mass is 35.5. The van der Waals surface area contributed by atoms with Gasteiger partial charge in [-0.1, -0.05) is 25.7 Å². The Morgan fingerprint density at radius 2 is 1.72 bits per heavy atom. The number of hydrogen-bond donors (Lipinski definition) is 1. The molecule has 3 nitrogen and oxygen atoms in total. The molecule has 1 saturated heterocycles. The van der Waals surface area contributed by atoms with E-state index in [-0.39, 0.29) is 12.4 Å². The maximum absolute atomic E-state index is 12.6. The molecule has 4 heteroatoms. The molecule has 0 radical (unpaired) electrons. The van der Waals surface area contributed by atoms with Crippen molar-refractivity contribution in [1.82, 2.24) is 10.2 Å². The molecule has 1 aliphatic heterocycles. The van der Waals surface area contributed by atoms with E-state index in [9.17, 15) is 4.79 Å². The van der Waals surface area contributed by atoms with Gasteiger partial charge in [-0.05, 0) is 26.7 Å². The van der Waals surface area contributed by atoms with Crippen LogP contribution in [0.5, 0.6) is 0 Å². The molecular formula is C14H27ClN2O. The van der Waals surface area contributed by atoms with E-state index in [1.54, 1.807) is 0 Å². The van der Waals surface area contributed by atoms with Gasteiger partial charge in [-0.2, -0.15) is 0 Å². The highest BCUT2D eigenvalue weighted by molar-refractivity contribution is 5.85. The lowest BCUT2D eigenvalue weighted by Crippen LogP contribution is -2.58. The van der Waals surface area contributed by atoms with Gasteiger partial charge in [0.25, 0.3) is 0 Å². The molecule has 1 N–H and O–H groups in total. The SMILES string of the molecule is CC1NCCN(C(=O)C2CCCCCC2)C1C.Cl.